The van der Waals surface area contributed by atoms with Gasteiger partial charge in [0.15, 0.2) is 9.84 Å². The lowest BCUT2D eigenvalue weighted by molar-refractivity contribution is -0.144. The van der Waals surface area contributed by atoms with Gasteiger partial charge in [0.1, 0.15) is 10.8 Å². The Hall–Kier alpha value is -1.13. The molecule has 37 heavy (non-hydrogen) atoms. The molecule has 1 aromatic carbocycles. The Balaban J connectivity index is 1.36. The molecule has 2 aliphatic carbocycles. The van der Waals surface area contributed by atoms with Gasteiger partial charge in [0.2, 0.25) is 5.91 Å². The van der Waals surface area contributed by atoms with Crippen molar-refractivity contribution in [2.45, 2.75) is 62.7 Å². The molecule has 0 radical (unpaired) electrons. The summed E-state index contributed by atoms with van der Waals surface area (Å²) in [5, 5.41) is 12.8. The van der Waals surface area contributed by atoms with E-state index >= 15 is 0 Å². The normalized spacial score (nSPS) is 30.9. The van der Waals surface area contributed by atoms with Gasteiger partial charge in [-0.25, -0.2) is 13.4 Å². The van der Waals surface area contributed by atoms with Gasteiger partial charge in [0.05, 0.1) is 16.7 Å². The Morgan fingerprint density at radius 1 is 1.27 bits per heavy atom. The maximum absolute atomic E-state index is 13.3. The number of aliphatic hydroxyl groups is 1. The number of nitrogens with zero attached hydrogens (tertiary/aromatic N) is 2. The van der Waals surface area contributed by atoms with E-state index < -0.39 is 15.9 Å². The lowest BCUT2D eigenvalue weighted by Gasteiger charge is -2.53. The third kappa shape index (κ3) is 5.23. The number of hydrogen-bond donors (Lipinski definition) is 1. The van der Waals surface area contributed by atoms with E-state index in [0.29, 0.717) is 10.0 Å². The van der Waals surface area contributed by atoms with E-state index in [0.717, 1.165) is 54.4 Å². The summed E-state index contributed by atoms with van der Waals surface area (Å²) >= 11 is 9.30. The first-order chi connectivity index (χ1) is 17.5. The van der Waals surface area contributed by atoms with Crippen LogP contribution < -0.4 is 0 Å². The molecule has 0 bridgehead atoms. The maximum Gasteiger partial charge on any atom is 0.225 e. The number of aliphatic hydroxyl groups excluding tert-OH is 1. The summed E-state index contributed by atoms with van der Waals surface area (Å²) in [6.45, 7) is 7.92. The molecule has 1 saturated carbocycles. The van der Waals surface area contributed by atoms with Crippen LogP contribution in [0, 0.1) is 23.2 Å². The van der Waals surface area contributed by atoms with Crippen molar-refractivity contribution in [2.75, 3.05) is 24.6 Å². The molecule has 202 valence electrons. The molecule has 1 saturated heterocycles. The summed E-state index contributed by atoms with van der Waals surface area (Å²) < 4.78 is 26.1. The number of thioether (sulfide) groups is 1. The van der Waals surface area contributed by atoms with E-state index in [9.17, 15) is 18.3 Å². The minimum Gasteiger partial charge on any atom is -0.392 e. The average molecular weight is 583 g/mol. The van der Waals surface area contributed by atoms with E-state index in [1.54, 1.807) is 12.1 Å². The Kier molecular flexibility index (Phi) is 7.75. The third-order valence-electron chi connectivity index (χ3n) is 8.81. The van der Waals surface area contributed by atoms with E-state index in [1.807, 2.05) is 23.6 Å². The minimum absolute atomic E-state index is 0.0107. The summed E-state index contributed by atoms with van der Waals surface area (Å²) in [4.78, 5) is 21.4. The SMILES string of the molecule is C[C@H](C(=O)N1CCSCC1)[C@@H]1CC[C@@]2(C)Cc3sc(CS(=O)(=O)c4ccc(Cl)cc4)nc3[C@@H](C)[C@@H]2[C@H]1O. The van der Waals surface area contributed by atoms with E-state index in [1.165, 1.54) is 23.5 Å². The van der Waals surface area contributed by atoms with Crippen LogP contribution in [0.1, 0.15) is 55.1 Å². The van der Waals surface area contributed by atoms with Crippen molar-refractivity contribution >= 4 is 50.4 Å². The zero-order valence-corrected chi connectivity index (χ0v) is 24.7. The first-order valence-electron chi connectivity index (χ1n) is 13.0. The number of rotatable bonds is 5. The number of benzene rings is 1. The highest BCUT2D eigenvalue weighted by Gasteiger charge is 2.54. The van der Waals surface area contributed by atoms with Gasteiger partial charge in [-0.05, 0) is 60.8 Å². The fourth-order valence-corrected chi connectivity index (χ4v) is 10.8. The Bertz CT molecular complexity index is 1260. The predicted octanol–water partition coefficient (Wildman–Crippen LogP) is 5.03. The zero-order valence-electron chi connectivity index (χ0n) is 21.5. The largest absolute Gasteiger partial charge is 0.392 e. The van der Waals surface area contributed by atoms with Crippen LogP contribution in [0.4, 0.5) is 0 Å². The number of amides is 1. The lowest BCUT2D eigenvalue weighted by Crippen LogP contribution is -2.54. The number of fused-ring (bicyclic) bond motifs is 2. The highest BCUT2D eigenvalue weighted by molar-refractivity contribution is 7.99. The molecule has 5 rings (SSSR count). The molecule has 0 unspecified atom stereocenters. The molecule has 2 heterocycles. The highest BCUT2D eigenvalue weighted by Crippen LogP contribution is 2.57. The van der Waals surface area contributed by atoms with Crippen molar-refractivity contribution in [3.05, 3.63) is 44.9 Å². The second kappa shape index (κ2) is 10.5. The van der Waals surface area contributed by atoms with Gasteiger partial charge in [0, 0.05) is 46.3 Å². The molecular weight excluding hydrogens is 548 g/mol. The van der Waals surface area contributed by atoms with Crippen molar-refractivity contribution in [2.24, 2.45) is 23.2 Å². The van der Waals surface area contributed by atoms with Crippen LogP contribution in [0.15, 0.2) is 29.2 Å². The second-order valence-electron chi connectivity index (χ2n) is 11.2. The van der Waals surface area contributed by atoms with Gasteiger partial charge in [-0.1, -0.05) is 32.4 Å². The monoisotopic (exact) mass is 582 g/mol. The molecule has 6 atom stereocenters. The maximum atomic E-state index is 13.3. The predicted molar refractivity (Wildman–Crippen MR) is 150 cm³/mol. The Morgan fingerprint density at radius 2 is 1.95 bits per heavy atom. The molecule has 2 aromatic rings. The van der Waals surface area contributed by atoms with E-state index in [2.05, 4.69) is 13.8 Å². The van der Waals surface area contributed by atoms with Crippen LogP contribution in [0.25, 0.3) is 0 Å². The van der Waals surface area contributed by atoms with E-state index in [-0.39, 0.29) is 45.6 Å². The van der Waals surface area contributed by atoms with Crippen LogP contribution in [0.3, 0.4) is 0 Å². The topological polar surface area (TPSA) is 87.6 Å². The van der Waals surface area contributed by atoms with Crippen LogP contribution in [-0.4, -0.2) is 60.0 Å². The first kappa shape index (κ1) is 27.4. The van der Waals surface area contributed by atoms with Gasteiger partial charge in [0.25, 0.3) is 0 Å². The molecule has 1 N–H and O–H groups in total. The standard InChI is InChI=1S/C27H35ClN2O4S3/c1-16(26(32)30-10-12-35-13-11-30)20-8-9-27(3)14-21-24(17(2)23(27)25(20)31)29-22(36-21)15-37(33,34)19-6-4-18(28)5-7-19/h4-7,16-17,20,23,25,31H,8-15H2,1-3H3/t16-,17-,20-,23+,25-,27-/m0/s1. The van der Waals surface area contributed by atoms with Crippen molar-refractivity contribution in [1.82, 2.24) is 9.88 Å². The van der Waals surface area contributed by atoms with Gasteiger partial charge < -0.3 is 10.0 Å². The fraction of sp³-hybridized carbons (Fsp3) is 0.630. The van der Waals surface area contributed by atoms with Crippen molar-refractivity contribution in [1.29, 1.82) is 0 Å². The van der Waals surface area contributed by atoms with Crippen LogP contribution in [0.5, 0.6) is 0 Å². The molecule has 1 aromatic heterocycles. The molecule has 1 aliphatic heterocycles. The van der Waals surface area contributed by atoms with Gasteiger partial charge in [-0.15, -0.1) is 11.3 Å². The van der Waals surface area contributed by atoms with Crippen LogP contribution >= 0.6 is 34.7 Å². The van der Waals surface area contributed by atoms with Crippen LogP contribution in [0.2, 0.25) is 5.02 Å². The Morgan fingerprint density at radius 3 is 2.62 bits per heavy atom. The minimum atomic E-state index is -3.54. The van der Waals surface area contributed by atoms with Gasteiger partial charge in [-0.3, -0.25) is 4.79 Å². The number of aromatic nitrogens is 1. The number of carbonyl (C=O) groups is 1. The summed E-state index contributed by atoms with van der Waals surface area (Å²) in [5.41, 5.74) is 0.812. The molecule has 1 amide bonds. The third-order valence-corrected chi connectivity index (χ3v) is 12.9. The summed E-state index contributed by atoms with van der Waals surface area (Å²) in [7, 11) is -3.54. The number of sulfone groups is 1. The number of thiazole rings is 1. The Labute approximate surface area is 233 Å². The van der Waals surface area contributed by atoms with Crippen molar-refractivity contribution in [3.8, 4) is 0 Å². The summed E-state index contributed by atoms with van der Waals surface area (Å²) in [5.74, 6) is 1.65. The van der Waals surface area contributed by atoms with Crippen molar-refractivity contribution < 1.29 is 18.3 Å². The second-order valence-corrected chi connectivity index (χ2v) is 16.0. The summed E-state index contributed by atoms with van der Waals surface area (Å²) in [6.07, 6.45) is 1.95. The van der Waals surface area contributed by atoms with Crippen LogP contribution in [-0.2, 0) is 26.8 Å². The zero-order chi connectivity index (χ0) is 26.5. The number of hydrogen-bond acceptors (Lipinski definition) is 7. The average Bonchev–Trinajstić information content (AvgIpc) is 3.25. The molecule has 3 aliphatic rings. The quantitative estimate of drug-likeness (QED) is 0.532. The number of carbonyl (C=O) groups excluding carboxylic acids is 1. The lowest BCUT2D eigenvalue weighted by atomic mass is 9.53. The molecule has 0 spiro atoms. The van der Waals surface area contributed by atoms with Gasteiger partial charge in [-0.2, -0.15) is 11.8 Å². The van der Waals surface area contributed by atoms with Crippen molar-refractivity contribution in [3.63, 3.8) is 0 Å². The van der Waals surface area contributed by atoms with Gasteiger partial charge >= 0.3 is 0 Å². The molecule has 6 nitrogen and oxygen atoms in total. The number of halogens is 1. The first-order valence-corrected chi connectivity index (χ1v) is 17.0. The van der Waals surface area contributed by atoms with E-state index in [4.69, 9.17) is 16.6 Å². The summed E-state index contributed by atoms with van der Waals surface area (Å²) in [6, 6.07) is 6.24. The fourth-order valence-electron chi connectivity index (χ4n) is 6.80. The molecular formula is C27H35ClN2O4S3. The highest BCUT2D eigenvalue weighted by atomic mass is 35.5. The molecule has 10 heteroatoms. The molecule has 2 fully saturated rings. The smallest absolute Gasteiger partial charge is 0.225 e.